The zero-order valence-electron chi connectivity index (χ0n) is 12.4. The molecule has 0 radical (unpaired) electrons. The van der Waals surface area contributed by atoms with Crippen molar-refractivity contribution in [2.24, 2.45) is 5.10 Å². The molecule has 3 aromatic rings. The summed E-state index contributed by atoms with van der Waals surface area (Å²) in [5.74, 6) is 0.852. The van der Waals surface area contributed by atoms with Crippen LogP contribution in [-0.2, 0) is 0 Å². The second kappa shape index (κ2) is 7.47. The van der Waals surface area contributed by atoms with E-state index in [-0.39, 0.29) is 5.91 Å². The van der Waals surface area contributed by atoms with Gasteiger partial charge in [0.1, 0.15) is 11.5 Å². The Morgan fingerprint density at radius 1 is 1.12 bits per heavy atom. The number of nitrogens with one attached hydrogen (secondary N) is 1. The smallest absolute Gasteiger partial charge is 0.271 e. The third kappa shape index (κ3) is 3.93. The first-order valence-electron chi connectivity index (χ1n) is 7.07. The molecule has 0 saturated carbocycles. The molecule has 1 N–H and O–H groups in total. The van der Waals surface area contributed by atoms with Crippen molar-refractivity contribution in [1.82, 2.24) is 5.43 Å². The van der Waals surface area contributed by atoms with Crippen LogP contribution in [0.2, 0.25) is 5.02 Å². The second-order valence-corrected chi connectivity index (χ2v) is 6.21. The standard InChI is InChI=1S/C18H12BrClN2O2/c19-13-5-3-4-12(10-13)18(23)22-21-11-14-8-9-17(24-14)15-6-1-2-7-16(15)20/h1-11H,(H,22,23)/b21-11+. The fraction of sp³-hybridized carbons (Fsp3) is 0. The molecule has 4 nitrogen and oxygen atoms in total. The summed E-state index contributed by atoms with van der Waals surface area (Å²) >= 11 is 9.46. The first kappa shape index (κ1) is 16.5. The summed E-state index contributed by atoms with van der Waals surface area (Å²) in [6, 6.07) is 18.0. The van der Waals surface area contributed by atoms with Gasteiger partial charge in [0.15, 0.2) is 0 Å². The highest BCUT2D eigenvalue weighted by molar-refractivity contribution is 9.10. The van der Waals surface area contributed by atoms with Gasteiger partial charge in [-0.3, -0.25) is 4.79 Å². The summed E-state index contributed by atoms with van der Waals surface area (Å²) in [6.45, 7) is 0. The highest BCUT2D eigenvalue weighted by Gasteiger charge is 2.07. The van der Waals surface area contributed by atoms with E-state index in [2.05, 4.69) is 26.5 Å². The van der Waals surface area contributed by atoms with Gasteiger partial charge < -0.3 is 4.42 Å². The number of hydrogen-bond donors (Lipinski definition) is 1. The molecule has 1 heterocycles. The Hall–Kier alpha value is -2.37. The highest BCUT2D eigenvalue weighted by atomic mass is 79.9. The minimum absolute atomic E-state index is 0.301. The molecule has 1 aromatic heterocycles. The molecule has 0 fully saturated rings. The van der Waals surface area contributed by atoms with Crippen LogP contribution in [0.3, 0.4) is 0 Å². The predicted octanol–water partition coefficient (Wildman–Crippen LogP) is 5.13. The molecule has 24 heavy (non-hydrogen) atoms. The van der Waals surface area contributed by atoms with Crippen LogP contribution in [0.1, 0.15) is 16.1 Å². The maximum absolute atomic E-state index is 12.0. The summed E-state index contributed by atoms with van der Waals surface area (Å²) in [5.41, 5.74) is 3.77. The molecule has 0 bridgehead atoms. The number of rotatable bonds is 4. The van der Waals surface area contributed by atoms with Crippen molar-refractivity contribution in [3.8, 4) is 11.3 Å². The summed E-state index contributed by atoms with van der Waals surface area (Å²) in [5, 5.41) is 4.52. The van der Waals surface area contributed by atoms with Gasteiger partial charge >= 0.3 is 0 Å². The van der Waals surface area contributed by atoms with Crippen LogP contribution in [0.15, 0.2) is 74.7 Å². The molecule has 6 heteroatoms. The van der Waals surface area contributed by atoms with Gasteiger partial charge in [-0.25, -0.2) is 5.43 Å². The lowest BCUT2D eigenvalue weighted by atomic mass is 10.2. The number of carbonyl (C=O) groups is 1. The minimum atomic E-state index is -0.301. The second-order valence-electron chi connectivity index (χ2n) is 4.89. The Balaban J connectivity index is 1.68. The van der Waals surface area contributed by atoms with Gasteiger partial charge in [0.25, 0.3) is 5.91 Å². The summed E-state index contributed by atoms with van der Waals surface area (Å²) in [4.78, 5) is 12.0. The molecule has 0 spiro atoms. The van der Waals surface area contributed by atoms with Crippen LogP contribution in [0.25, 0.3) is 11.3 Å². The molecule has 3 rings (SSSR count). The SMILES string of the molecule is O=C(N/N=C/c1ccc(-c2ccccc2Cl)o1)c1cccc(Br)c1. The lowest BCUT2D eigenvalue weighted by Gasteiger charge is -2.00. The van der Waals surface area contributed by atoms with E-state index in [0.717, 1.165) is 10.0 Å². The Bertz CT molecular complexity index is 905. The van der Waals surface area contributed by atoms with E-state index in [9.17, 15) is 4.79 Å². The lowest BCUT2D eigenvalue weighted by Crippen LogP contribution is -2.17. The monoisotopic (exact) mass is 402 g/mol. The van der Waals surface area contributed by atoms with E-state index in [1.165, 1.54) is 6.21 Å². The van der Waals surface area contributed by atoms with Crippen molar-refractivity contribution in [2.75, 3.05) is 0 Å². The fourth-order valence-corrected chi connectivity index (χ4v) is 2.70. The number of nitrogens with zero attached hydrogens (tertiary/aromatic N) is 1. The summed E-state index contributed by atoms with van der Waals surface area (Å²) < 4.78 is 6.49. The molecular weight excluding hydrogens is 392 g/mol. The van der Waals surface area contributed by atoms with Gasteiger partial charge in [0, 0.05) is 15.6 Å². The van der Waals surface area contributed by atoms with E-state index in [4.69, 9.17) is 16.0 Å². The maximum Gasteiger partial charge on any atom is 0.271 e. The van der Waals surface area contributed by atoms with Gasteiger partial charge in [0.2, 0.25) is 0 Å². The zero-order valence-corrected chi connectivity index (χ0v) is 14.7. The number of furan rings is 1. The zero-order chi connectivity index (χ0) is 16.9. The number of halogens is 2. The van der Waals surface area contributed by atoms with Crippen LogP contribution >= 0.6 is 27.5 Å². The van der Waals surface area contributed by atoms with E-state index in [1.54, 1.807) is 36.4 Å². The van der Waals surface area contributed by atoms with Crippen LogP contribution in [0, 0.1) is 0 Å². The van der Waals surface area contributed by atoms with Gasteiger partial charge in [-0.2, -0.15) is 5.10 Å². The topological polar surface area (TPSA) is 54.6 Å². The maximum atomic E-state index is 12.0. The van der Waals surface area contributed by atoms with Crippen molar-refractivity contribution in [3.63, 3.8) is 0 Å². The van der Waals surface area contributed by atoms with Gasteiger partial charge in [0.05, 0.1) is 11.2 Å². The minimum Gasteiger partial charge on any atom is -0.455 e. The van der Waals surface area contributed by atoms with Gasteiger partial charge in [-0.15, -0.1) is 0 Å². The van der Waals surface area contributed by atoms with Crippen molar-refractivity contribution in [3.05, 3.63) is 81.5 Å². The Morgan fingerprint density at radius 3 is 2.75 bits per heavy atom. The molecule has 1 amide bonds. The van der Waals surface area contributed by atoms with Crippen molar-refractivity contribution >= 4 is 39.7 Å². The van der Waals surface area contributed by atoms with Crippen LogP contribution < -0.4 is 5.43 Å². The average molecular weight is 404 g/mol. The third-order valence-corrected chi connectivity index (χ3v) is 4.03. The van der Waals surface area contributed by atoms with Crippen molar-refractivity contribution in [2.45, 2.75) is 0 Å². The molecule has 120 valence electrons. The first-order chi connectivity index (χ1) is 11.6. The summed E-state index contributed by atoms with van der Waals surface area (Å²) in [7, 11) is 0. The largest absolute Gasteiger partial charge is 0.455 e. The molecule has 2 aromatic carbocycles. The van der Waals surface area contributed by atoms with Crippen LogP contribution in [0.4, 0.5) is 0 Å². The molecule has 0 aliphatic heterocycles. The Labute approximate surface area is 152 Å². The first-order valence-corrected chi connectivity index (χ1v) is 8.24. The Kier molecular flexibility index (Phi) is 5.13. The Morgan fingerprint density at radius 2 is 1.96 bits per heavy atom. The number of hydrazone groups is 1. The molecule has 0 aliphatic carbocycles. The number of hydrogen-bond acceptors (Lipinski definition) is 3. The fourth-order valence-electron chi connectivity index (χ4n) is 2.08. The molecular formula is C18H12BrClN2O2. The predicted molar refractivity (Wildman–Crippen MR) is 98.4 cm³/mol. The quantitative estimate of drug-likeness (QED) is 0.485. The highest BCUT2D eigenvalue weighted by Crippen LogP contribution is 2.28. The number of carbonyl (C=O) groups excluding carboxylic acids is 1. The van der Waals surface area contributed by atoms with Crippen molar-refractivity contribution < 1.29 is 9.21 Å². The number of benzene rings is 2. The van der Waals surface area contributed by atoms with E-state index >= 15 is 0 Å². The van der Waals surface area contributed by atoms with E-state index in [1.807, 2.05) is 24.3 Å². The lowest BCUT2D eigenvalue weighted by molar-refractivity contribution is 0.0955. The molecule has 0 unspecified atom stereocenters. The van der Waals surface area contributed by atoms with Gasteiger partial charge in [-0.05, 0) is 42.5 Å². The molecule has 0 saturated heterocycles. The number of amides is 1. The van der Waals surface area contributed by atoms with Crippen LogP contribution in [0.5, 0.6) is 0 Å². The molecule has 0 atom stereocenters. The average Bonchev–Trinajstić information content (AvgIpc) is 3.04. The van der Waals surface area contributed by atoms with Gasteiger partial charge in [-0.1, -0.05) is 45.7 Å². The van der Waals surface area contributed by atoms with Crippen molar-refractivity contribution in [1.29, 1.82) is 0 Å². The third-order valence-electron chi connectivity index (χ3n) is 3.21. The van der Waals surface area contributed by atoms with E-state index in [0.29, 0.717) is 22.1 Å². The normalized spacial score (nSPS) is 10.9. The molecule has 0 aliphatic rings. The van der Waals surface area contributed by atoms with Crippen LogP contribution in [-0.4, -0.2) is 12.1 Å². The van der Waals surface area contributed by atoms with E-state index < -0.39 is 0 Å². The summed E-state index contributed by atoms with van der Waals surface area (Å²) in [6.07, 6.45) is 1.44.